The Morgan fingerprint density at radius 3 is 2.88 bits per heavy atom. The van der Waals surface area contributed by atoms with E-state index in [-0.39, 0.29) is 0 Å². The van der Waals surface area contributed by atoms with Crippen LogP contribution in [0.1, 0.15) is 17.1 Å². The lowest BCUT2D eigenvalue weighted by atomic mass is 10.3. The molecule has 0 aliphatic rings. The first-order chi connectivity index (χ1) is 8.25. The quantitative estimate of drug-likeness (QED) is 0.623. The molecule has 0 bridgehead atoms. The summed E-state index contributed by atoms with van der Waals surface area (Å²) in [5.74, 6) is 2.08. The van der Waals surface area contributed by atoms with Crippen LogP contribution < -0.4 is 11.1 Å². The molecule has 0 radical (unpaired) electrons. The van der Waals surface area contributed by atoms with Gasteiger partial charge >= 0.3 is 0 Å². The van der Waals surface area contributed by atoms with Gasteiger partial charge in [-0.3, -0.25) is 0 Å². The van der Waals surface area contributed by atoms with Gasteiger partial charge in [0, 0.05) is 5.56 Å². The summed E-state index contributed by atoms with van der Waals surface area (Å²) < 4.78 is 10.3. The van der Waals surface area contributed by atoms with Crippen molar-refractivity contribution in [1.29, 1.82) is 0 Å². The summed E-state index contributed by atoms with van der Waals surface area (Å²) in [5.41, 5.74) is 6.76. The van der Waals surface area contributed by atoms with Gasteiger partial charge in [0.15, 0.2) is 5.96 Å². The van der Waals surface area contributed by atoms with Crippen LogP contribution in [0, 0.1) is 6.92 Å². The van der Waals surface area contributed by atoms with Gasteiger partial charge in [-0.05, 0) is 25.1 Å². The van der Waals surface area contributed by atoms with Crippen LogP contribution in [0.4, 0.5) is 0 Å². The van der Waals surface area contributed by atoms with Crippen LogP contribution in [0.15, 0.2) is 44.6 Å². The maximum atomic E-state index is 5.72. The van der Waals surface area contributed by atoms with E-state index in [1.165, 1.54) is 0 Å². The van der Waals surface area contributed by atoms with E-state index in [1.807, 2.05) is 25.1 Å². The summed E-state index contributed by atoms with van der Waals surface area (Å²) in [4.78, 5) is 4.21. The molecule has 0 fully saturated rings. The van der Waals surface area contributed by atoms with Crippen molar-refractivity contribution in [1.82, 2.24) is 5.32 Å². The summed E-state index contributed by atoms with van der Waals surface area (Å²) in [7, 11) is 0. The highest BCUT2D eigenvalue weighted by molar-refractivity contribution is 5.77. The molecular formula is C12H15N3O2. The minimum absolute atomic E-state index is 0.391. The Hall–Kier alpha value is -2.17. The Balaban J connectivity index is 1.83. The third-order valence-electron chi connectivity index (χ3n) is 2.41. The summed E-state index contributed by atoms with van der Waals surface area (Å²) in [6.07, 6.45) is 3.27. The average Bonchev–Trinajstić information content (AvgIpc) is 2.95. The monoisotopic (exact) mass is 233 g/mol. The van der Waals surface area contributed by atoms with Gasteiger partial charge < -0.3 is 19.9 Å². The molecule has 0 atom stereocenters. The van der Waals surface area contributed by atoms with E-state index < -0.39 is 0 Å². The minimum Gasteiger partial charge on any atom is -0.469 e. The van der Waals surface area contributed by atoms with Crippen molar-refractivity contribution in [3.05, 3.63) is 47.8 Å². The fraction of sp³-hybridized carbons (Fsp3) is 0.250. The van der Waals surface area contributed by atoms with Crippen LogP contribution in [0.5, 0.6) is 0 Å². The largest absolute Gasteiger partial charge is 0.469 e. The molecule has 17 heavy (non-hydrogen) atoms. The maximum Gasteiger partial charge on any atom is 0.189 e. The highest BCUT2D eigenvalue weighted by Crippen LogP contribution is 2.09. The smallest absolute Gasteiger partial charge is 0.189 e. The number of aryl methyl sites for hydroxylation is 1. The van der Waals surface area contributed by atoms with Gasteiger partial charge in [-0.2, -0.15) is 0 Å². The zero-order valence-corrected chi connectivity index (χ0v) is 9.64. The molecule has 2 heterocycles. The first-order valence-electron chi connectivity index (χ1n) is 5.35. The van der Waals surface area contributed by atoms with Gasteiger partial charge in [-0.15, -0.1) is 0 Å². The molecule has 5 nitrogen and oxygen atoms in total. The number of aliphatic imine (C=N–C) groups is 1. The summed E-state index contributed by atoms with van der Waals surface area (Å²) in [5, 5.41) is 2.97. The van der Waals surface area contributed by atoms with Crippen LogP contribution in [0.3, 0.4) is 0 Å². The molecule has 3 N–H and O–H groups in total. The molecule has 2 aromatic rings. The number of nitrogens with one attached hydrogen (secondary N) is 1. The van der Waals surface area contributed by atoms with Gasteiger partial charge in [0.2, 0.25) is 0 Å². The van der Waals surface area contributed by atoms with Crippen LogP contribution in [0.2, 0.25) is 0 Å². The highest BCUT2D eigenvalue weighted by atomic mass is 16.3. The molecule has 0 aromatic carbocycles. The number of guanidine groups is 1. The molecule has 0 spiro atoms. The van der Waals surface area contributed by atoms with Crippen molar-refractivity contribution in [3.63, 3.8) is 0 Å². The predicted molar refractivity (Wildman–Crippen MR) is 64.3 cm³/mol. The summed E-state index contributed by atoms with van der Waals surface area (Å²) in [6.45, 7) is 2.95. The van der Waals surface area contributed by atoms with E-state index in [9.17, 15) is 0 Å². The molecule has 5 heteroatoms. The van der Waals surface area contributed by atoms with Crippen molar-refractivity contribution < 1.29 is 8.83 Å². The molecule has 0 saturated carbocycles. The van der Waals surface area contributed by atoms with E-state index in [0.29, 0.717) is 19.0 Å². The zero-order valence-electron chi connectivity index (χ0n) is 9.64. The zero-order chi connectivity index (χ0) is 12.1. The van der Waals surface area contributed by atoms with E-state index in [2.05, 4.69) is 10.3 Å². The Morgan fingerprint density at radius 2 is 2.24 bits per heavy atom. The Morgan fingerprint density at radius 1 is 1.35 bits per heavy atom. The topological polar surface area (TPSA) is 76.7 Å². The second-order valence-electron chi connectivity index (χ2n) is 3.64. The van der Waals surface area contributed by atoms with E-state index in [1.54, 1.807) is 12.5 Å². The molecule has 0 aliphatic heterocycles. The average molecular weight is 233 g/mol. The Kier molecular flexibility index (Phi) is 3.49. The third kappa shape index (κ3) is 3.14. The molecule has 0 amide bonds. The first-order valence-corrected chi connectivity index (χ1v) is 5.35. The summed E-state index contributed by atoms with van der Waals surface area (Å²) in [6, 6.07) is 5.60. The first kappa shape index (κ1) is 11.3. The molecule has 0 saturated heterocycles. The second kappa shape index (κ2) is 5.25. The lowest BCUT2D eigenvalue weighted by molar-refractivity contribution is 0.502. The minimum atomic E-state index is 0.391. The number of nitrogens with two attached hydrogens (primary N) is 1. The van der Waals surface area contributed by atoms with Crippen molar-refractivity contribution in [2.75, 3.05) is 0 Å². The summed E-state index contributed by atoms with van der Waals surface area (Å²) >= 11 is 0. The van der Waals surface area contributed by atoms with Crippen LogP contribution in [0.25, 0.3) is 0 Å². The van der Waals surface area contributed by atoms with Crippen molar-refractivity contribution >= 4 is 5.96 Å². The molecule has 0 unspecified atom stereocenters. The maximum absolute atomic E-state index is 5.72. The number of hydrogen-bond donors (Lipinski definition) is 2. The number of nitrogens with zero attached hydrogens (tertiary/aromatic N) is 1. The van der Waals surface area contributed by atoms with Crippen molar-refractivity contribution in [2.45, 2.75) is 20.0 Å². The third-order valence-corrected chi connectivity index (χ3v) is 2.41. The normalized spacial score (nSPS) is 11.7. The second-order valence-corrected chi connectivity index (χ2v) is 3.64. The molecule has 2 rings (SSSR count). The fourth-order valence-electron chi connectivity index (χ4n) is 1.39. The van der Waals surface area contributed by atoms with Gasteiger partial charge in [0.05, 0.1) is 25.6 Å². The van der Waals surface area contributed by atoms with E-state index in [0.717, 1.165) is 17.1 Å². The standard InChI is InChI=1S/C12H15N3O2/c1-9-10(4-6-16-9)7-14-12(13)15-8-11-3-2-5-17-11/h2-6H,7-8H2,1H3,(H3,13,14,15). The van der Waals surface area contributed by atoms with E-state index >= 15 is 0 Å². The number of rotatable bonds is 4. The van der Waals surface area contributed by atoms with Crippen LogP contribution in [-0.4, -0.2) is 5.96 Å². The lowest BCUT2D eigenvalue weighted by Gasteiger charge is -2.02. The van der Waals surface area contributed by atoms with Crippen LogP contribution in [-0.2, 0) is 13.1 Å². The van der Waals surface area contributed by atoms with Gasteiger partial charge in [0.25, 0.3) is 0 Å². The van der Waals surface area contributed by atoms with Gasteiger partial charge in [-0.1, -0.05) is 0 Å². The lowest BCUT2D eigenvalue weighted by Crippen LogP contribution is -2.30. The molecule has 90 valence electrons. The SMILES string of the molecule is Cc1occc1CN=C(N)NCc1ccco1. The van der Waals surface area contributed by atoms with Crippen molar-refractivity contribution in [2.24, 2.45) is 10.7 Å². The van der Waals surface area contributed by atoms with Crippen LogP contribution >= 0.6 is 0 Å². The molecule has 0 aliphatic carbocycles. The number of furan rings is 2. The molecular weight excluding hydrogens is 218 g/mol. The Labute approximate surface area is 99.3 Å². The number of hydrogen-bond acceptors (Lipinski definition) is 3. The predicted octanol–water partition coefficient (Wildman–Crippen LogP) is 1.79. The fourth-order valence-corrected chi connectivity index (χ4v) is 1.39. The Bertz CT molecular complexity index is 486. The van der Waals surface area contributed by atoms with Crippen molar-refractivity contribution in [3.8, 4) is 0 Å². The van der Waals surface area contributed by atoms with Gasteiger partial charge in [-0.25, -0.2) is 4.99 Å². The van der Waals surface area contributed by atoms with Gasteiger partial charge in [0.1, 0.15) is 11.5 Å². The molecule has 2 aromatic heterocycles. The highest BCUT2D eigenvalue weighted by Gasteiger charge is 2.00. The van der Waals surface area contributed by atoms with E-state index in [4.69, 9.17) is 14.6 Å².